The van der Waals surface area contributed by atoms with Crippen molar-refractivity contribution in [3.05, 3.63) is 103 Å². The first-order valence-corrected chi connectivity index (χ1v) is 8.83. The lowest BCUT2D eigenvalue weighted by Crippen LogP contribution is -1.87. The van der Waals surface area contributed by atoms with E-state index in [1.165, 1.54) is 21.9 Å². The lowest BCUT2D eigenvalue weighted by Gasteiger charge is -2.09. The first-order chi connectivity index (χ1) is 12.9. The molecule has 26 heavy (non-hydrogen) atoms. The fourth-order valence-electron chi connectivity index (χ4n) is 3.54. The van der Waals surface area contributed by atoms with Gasteiger partial charge >= 0.3 is 0 Å². The highest BCUT2D eigenvalue weighted by Gasteiger charge is 2.06. The van der Waals surface area contributed by atoms with Crippen molar-refractivity contribution < 1.29 is 0 Å². The van der Waals surface area contributed by atoms with Crippen LogP contribution in [0, 0.1) is 0 Å². The zero-order valence-electron chi connectivity index (χ0n) is 14.3. The summed E-state index contributed by atoms with van der Waals surface area (Å²) in [5.74, 6) is 0. The molecule has 0 N–H and O–H groups in total. The van der Waals surface area contributed by atoms with Crippen LogP contribution in [0.15, 0.2) is 103 Å². The van der Waals surface area contributed by atoms with Gasteiger partial charge in [0.2, 0.25) is 0 Å². The van der Waals surface area contributed by atoms with E-state index >= 15 is 0 Å². The molecule has 0 saturated carbocycles. The Bertz CT molecular complexity index is 1220. The molecule has 0 aliphatic rings. The highest BCUT2D eigenvalue weighted by atomic mass is 14.7. The smallest absolute Gasteiger partial charge is 0.0709 e. The molecule has 0 atom stereocenters. The third-order valence-electron chi connectivity index (χ3n) is 4.86. The van der Waals surface area contributed by atoms with E-state index in [-0.39, 0.29) is 0 Å². The molecule has 4 aromatic carbocycles. The molecule has 122 valence electrons. The monoisotopic (exact) mass is 331 g/mol. The summed E-state index contributed by atoms with van der Waals surface area (Å²) in [5.41, 5.74) is 5.67. The fourth-order valence-corrected chi connectivity index (χ4v) is 3.54. The van der Waals surface area contributed by atoms with Crippen LogP contribution in [-0.4, -0.2) is 4.98 Å². The summed E-state index contributed by atoms with van der Waals surface area (Å²) in [6, 6.07) is 36.1. The van der Waals surface area contributed by atoms with E-state index in [2.05, 4.69) is 84.9 Å². The number of benzene rings is 4. The van der Waals surface area contributed by atoms with E-state index < -0.39 is 0 Å². The normalized spacial score (nSPS) is 11.1. The quantitative estimate of drug-likeness (QED) is 0.350. The van der Waals surface area contributed by atoms with Crippen molar-refractivity contribution >= 4 is 21.7 Å². The summed E-state index contributed by atoms with van der Waals surface area (Å²) in [6.07, 6.45) is 0. The van der Waals surface area contributed by atoms with E-state index in [1.807, 2.05) is 18.2 Å². The number of rotatable bonds is 2. The van der Waals surface area contributed by atoms with Gasteiger partial charge in [0.1, 0.15) is 0 Å². The second-order valence-electron chi connectivity index (χ2n) is 6.50. The van der Waals surface area contributed by atoms with Gasteiger partial charge in [-0.3, -0.25) is 0 Å². The zero-order valence-corrected chi connectivity index (χ0v) is 14.3. The lowest BCUT2D eigenvalue weighted by atomic mass is 9.97. The number of pyridine rings is 1. The summed E-state index contributed by atoms with van der Waals surface area (Å²) in [7, 11) is 0. The number of hydrogen-bond donors (Lipinski definition) is 0. The van der Waals surface area contributed by atoms with Gasteiger partial charge in [0.05, 0.1) is 11.2 Å². The van der Waals surface area contributed by atoms with Crippen molar-refractivity contribution in [2.45, 2.75) is 0 Å². The molecular formula is C25H17N. The highest BCUT2D eigenvalue weighted by molar-refractivity contribution is 5.98. The van der Waals surface area contributed by atoms with E-state index in [9.17, 15) is 0 Å². The Morgan fingerprint density at radius 1 is 0.500 bits per heavy atom. The Kier molecular flexibility index (Phi) is 3.50. The van der Waals surface area contributed by atoms with E-state index in [0.717, 1.165) is 22.2 Å². The first kappa shape index (κ1) is 14.9. The lowest BCUT2D eigenvalue weighted by molar-refractivity contribution is 1.40. The molecule has 0 fully saturated rings. The van der Waals surface area contributed by atoms with Gasteiger partial charge in [-0.25, -0.2) is 4.98 Å². The molecule has 0 radical (unpaired) electrons. The van der Waals surface area contributed by atoms with Crippen LogP contribution in [0.1, 0.15) is 0 Å². The van der Waals surface area contributed by atoms with Gasteiger partial charge in [-0.1, -0.05) is 84.9 Å². The number of aromatic nitrogens is 1. The minimum atomic E-state index is 1.01. The summed E-state index contributed by atoms with van der Waals surface area (Å²) in [5, 5.41) is 3.71. The van der Waals surface area contributed by atoms with Gasteiger partial charge in [0.25, 0.3) is 0 Å². The maximum absolute atomic E-state index is 4.84. The standard InChI is InChI=1S/C25H17N/c1-2-8-19(9-3-1)24-16-14-21-17-20(13-15-25(21)26-24)23-12-6-10-18-7-4-5-11-22(18)23/h1-17H. The zero-order chi connectivity index (χ0) is 17.3. The average Bonchev–Trinajstić information content (AvgIpc) is 2.73. The molecule has 0 unspecified atom stereocenters. The molecule has 5 rings (SSSR count). The molecule has 0 aliphatic carbocycles. The van der Waals surface area contributed by atoms with Crippen molar-refractivity contribution in [3.8, 4) is 22.4 Å². The molecule has 0 bridgehead atoms. The Balaban J connectivity index is 1.64. The average molecular weight is 331 g/mol. The molecule has 5 aromatic rings. The van der Waals surface area contributed by atoms with E-state index in [4.69, 9.17) is 4.98 Å². The topological polar surface area (TPSA) is 12.9 Å². The van der Waals surface area contributed by atoms with Crippen molar-refractivity contribution in [2.75, 3.05) is 0 Å². The van der Waals surface area contributed by atoms with Crippen LogP contribution in [0.3, 0.4) is 0 Å². The maximum atomic E-state index is 4.84. The minimum absolute atomic E-state index is 1.01. The van der Waals surface area contributed by atoms with Crippen LogP contribution < -0.4 is 0 Å². The Labute approximate surface area is 152 Å². The van der Waals surface area contributed by atoms with Crippen LogP contribution in [0.25, 0.3) is 44.1 Å². The molecule has 0 amide bonds. The van der Waals surface area contributed by atoms with Gasteiger partial charge in [0, 0.05) is 10.9 Å². The third kappa shape index (κ3) is 2.55. The maximum Gasteiger partial charge on any atom is 0.0709 e. The number of fused-ring (bicyclic) bond motifs is 2. The largest absolute Gasteiger partial charge is 0.248 e. The molecule has 1 heterocycles. The van der Waals surface area contributed by atoms with Crippen molar-refractivity contribution in [1.82, 2.24) is 4.98 Å². The number of hydrogen-bond acceptors (Lipinski definition) is 1. The van der Waals surface area contributed by atoms with Gasteiger partial charge in [-0.05, 0) is 40.1 Å². The van der Waals surface area contributed by atoms with Crippen LogP contribution >= 0.6 is 0 Å². The van der Waals surface area contributed by atoms with E-state index in [0.29, 0.717) is 0 Å². The predicted molar refractivity (Wildman–Crippen MR) is 110 cm³/mol. The first-order valence-electron chi connectivity index (χ1n) is 8.83. The van der Waals surface area contributed by atoms with Gasteiger partial charge in [-0.15, -0.1) is 0 Å². The molecule has 1 heteroatoms. The SMILES string of the molecule is c1ccc(-c2ccc3cc(-c4cccc5ccccc45)ccc3n2)cc1. The summed E-state index contributed by atoms with van der Waals surface area (Å²) < 4.78 is 0. The van der Waals surface area contributed by atoms with Crippen LogP contribution in [-0.2, 0) is 0 Å². The summed E-state index contributed by atoms with van der Waals surface area (Å²) >= 11 is 0. The summed E-state index contributed by atoms with van der Waals surface area (Å²) in [6.45, 7) is 0. The van der Waals surface area contributed by atoms with Crippen molar-refractivity contribution in [2.24, 2.45) is 0 Å². The fraction of sp³-hybridized carbons (Fsp3) is 0. The summed E-state index contributed by atoms with van der Waals surface area (Å²) in [4.78, 5) is 4.84. The molecular weight excluding hydrogens is 314 g/mol. The van der Waals surface area contributed by atoms with Gasteiger partial charge in [-0.2, -0.15) is 0 Å². The van der Waals surface area contributed by atoms with Crippen molar-refractivity contribution in [3.63, 3.8) is 0 Å². The van der Waals surface area contributed by atoms with Gasteiger partial charge < -0.3 is 0 Å². The Hall–Kier alpha value is -3.45. The Morgan fingerprint density at radius 3 is 2.23 bits per heavy atom. The number of nitrogens with zero attached hydrogens (tertiary/aromatic N) is 1. The molecule has 1 aromatic heterocycles. The highest BCUT2D eigenvalue weighted by Crippen LogP contribution is 2.31. The second kappa shape index (κ2) is 6.12. The molecule has 1 nitrogen and oxygen atoms in total. The molecule has 0 saturated heterocycles. The van der Waals surface area contributed by atoms with Gasteiger partial charge in [0.15, 0.2) is 0 Å². The Morgan fingerprint density at radius 2 is 1.31 bits per heavy atom. The predicted octanol–water partition coefficient (Wildman–Crippen LogP) is 6.72. The van der Waals surface area contributed by atoms with Crippen molar-refractivity contribution in [1.29, 1.82) is 0 Å². The minimum Gasteiger partial charge on any atom is -0.248 e. The van der Waals surface area contributed by atoms with Crippen LogP contribution in [0.2, 0.25) is 0 Å². The van der Waals surface area contributed by atoms with Crippen LogP contribution in [0.5, 0.6) is 0 Å². The molecule has 0 aliphatic heterocycles. The third-order valence-corrected chi connectivity index (χ3v) is 4.86. The molecule has 0 spiro atoms. The van der Waals surface area contributed by atoms with Crippen LogP contribution in [0.4, 0.5) is 0 Å². The van der Waals surface area contributed by atoms with E-state index in [1.54, 1.807) is 0 Å². The second-order valence-corrected chi connectivity index (χ2v) is 6.50.